The second kappa shape index (κ2) is 5.93. The quantitative estimate of drug-likeness (QED) is 0.860. The Kier molecular flexibility index (Phi) is 4.28. The summed E-state index contributed by atoms with van der Waals surface area (Å²) in [5.74, 6) is -0.965. The molecule has 0 saturated carbocycles. The van der Waals surface area contributed by atoms with Gasteiger partial charge in [0, 0.05) is 38.9 Å². The number of aromatic carboxylic acids is 1. The lowest BCUT2D eigenvalue weighted by molar-refractivity contribution is 0.0690. The molecule has 0 atom stereocenters. The van der Waals surface area contributed by atoms with Crippen LogP contribution in [0.15, 0.2) is 18.3 Å². The van der Waals surface area contributed by atoms with E-state index in [0.29, 0.717) is 0 Å². The van der Waals surface area contributed by atoms with Gasteiger partial charge in [-0.1, -0.05) is 6.92 Å². The van der Waals surface area contributed by atoms with E-state index in [9.17, 15) is 4.79 Å². The third-order valence-electron chi connectivity index (χ3n) is 3.36. The van der Waals surface area contributed by atoms with Crippen molar-refractivity contribution in [2.24, 2.45) is 0 Å². The predicted molar refractivity (Wildman–Crippen MR) is 68.6 cm³/mol. The van der Waals surface area contributed by atoms with Gasteiger partial charge in [-0.3, -0.25) is 4.90 Å². The normalized spacial score (nSPS) is 17.8. The zero-order chi connectivity index (χ0) is 13.0. The van der Waals surface area contributed by atoms with Crippen LogP contribution in [0.1, 0.15) is 23.0 Å². The molecule has 1 saturated heterocycles. The minimum atomic E-state index is -0.965. The van der Waals surface area contributed by atoms with Gasteiger partial charge in [0.25, 0.3) is 0 Å². The van der Waals surface area contributed by atoms with Gasteiger partial charge in [-0.2, -0.15) is 0 Å². The van der Waals surface area contributed by atoms with Gasteiger partial charge in [0.2, 0.25) is 0 Å². The van der Waals surface area contributed by atoms with Gasteiger partial charge in [-0.15, -0.1) is 0 Å². The number of likely N-dealkylation sites (N-methyl/N-ethyl adjacent to an activating group) is 1. The summed E-state index contributed by atoms with van der Waals surface area (Å²) in [6, 6.07) is 3.55. The maximum absolute atomic E-state index is 10.8. The van der Waals surface area contributed by atoms with Crippen molar-refractivity contribution in [2.75, 3.05) is 32.7 Å². The van der Waals surface area contributed by atoms with Crippen LogP contribution in [-0.4, -0.2) is 58.6 Å². The van der Waals surface area contributed by atoms with Crippen LogP contribution in [-0.2, 0) is 6.54 Å². The topological polar surface area (TPSA) is 56.7 Å². The van der Waals surface area contributed by atoms with Crippen LogP contribution in [0.5, 0.6) is 0 Å². The highest BCUT2D eigenvalue weighted by Crippen LogP contribution is 2.09. The molecule has 18 heavy (non-hydrogen) atoms. The van der Waals surface area contributed by atoms with Gasteiger partial charge in [-0.05, 0) is 24.2 Å². The molecular weight excluding hydrogens is 230 g/mol. The van der Waals surface area contributed by atoms with Crippen LogP contribution >= 0.6 is 0 Å². The molecule has 1 aromatic heterocycles. The first-order valence-electron chi connectivity index (χ1n) is 6.32. The molecule has 1 N–H and O–H groups in total. The molecule has 98 valence electrons. The number of carboxylic acid groups (broad SMARTS) is 1. The third-order valence-corrected chi connectivity index (χ3v) is 3.36. The largest absolute Gasteiger partial charge is 0.477 e. The minimum Gasteiger partial charge on any atom is -0.477 e. The number of hydrogen-bond donors (Lipinski definition) is 1. The maximum Gasteiger partial charge on any atom is 0.354 e. The van der Waals surface area contributed by atoms with Crippen molar-refractivity contribution in [3.63, 3.8) is 0 Å². The van der Waals surface area contributed by atoms with Gasteiger partial charge >= 0.3 is 5.97 Å². The Balaban J connectivity index is 1.94. The summed E-state index contributed by atoms with van der Waals surface area (Å²) in [5.41, 5.74) is 1.15. The number of carbonyl (C=O) groups is 1. The molecule has 2 heterocycles. The average Bonchev–Trinajstić information content (AvgIpc) is 2.40. The van der Waals surface area contributed by atoms with Crippen molar-refractivity contribution in [3.8, 4) is 0 Å². The smallest absolute Gasteiger partial charge is 0.354 e. The van der Waals surface area contributed by atoms with Crippen LogP contribution in [0.2, 0.25) is 0 Å². The Labute approximate surface area is 107 Å². The number of aromatic nitrogens is 1. The zero-order valence-electron chi connectivity index (χ0n) is 10.7. The van der Waals surface area contributed by atoms with Gasteiger partial charge in [-0.25, -0.2) is 9.78 Å². The summed E-state index contributed by atoms with van der Waals surface area (Å²) >= 11 is 0. The standard InChI is InChI=1S/C13H19N3O2/c1-2-15-5-7-16(8-6-15)10-11-3-4-14-12(9-11)13(17)18/h3-4,9H,2,5-8,10H2,1H3,(H,17,18). The van der Waals surface area contributed by atoms with Crippen LogP contribution in [0.4, 0.5) is 0 Å². The number of carboxylic acids is 1. The Morgan fingerprint density at radius 3 is 2.61 bits per heavy atom. The highest BCUT2D eigenvalue weighted by molar-refractivity contribution is 5.85. The summed E-state index contributed by atoms with van der Waals surface area (Å²) in [5, 5.41) is 8.90. The predicted octanol–water partition coefficient (Wildman–Crippen LogP) is 0.917. The summed E-state index contributed by atoms with van der Waals surface area (Å²) < 4.78 is 0. The van der Waals surface area contributed by atoms with Crippen LogP contribution in [0.25, 0.3) is 0 Å². The summed E-state index contributed by atoms with van der Waals surface area (Å²) in [7, 11) is 0. The van der Waals surface area contributed by atoms with E-state index < -0.39 is 5.97 Å². The van der Waals surface area contributed by atoms with E-state index >= 15 is 0 Å². The van der Waals surface area contributed by atoms with Crippen molar-refractivity contribution in [1.82, 2.24) is 14.8 Å². The fourth-order valence-electron chi connectivity index (χ4n) is 2.21. The lowest BCUT2D eigenvalue weighted by atomic mass is 10.2. The van der Waals surface area contributed by atoms with Crippen molar-refractivity contribution in [3.05, 3.63) is 29.6 Å². The number of rotatable bonds is 4. The maximum atomic E-state index is 10.8. The average molecular weight is 249 g/mol. The van der Waals surface area contributed by atoms with E-state index in [-0.39, 0.29) is 5.69 Å². The van der Waals surface area contributed by atoms with E-state index in [4.69, 9.17) is 5.11 Å². The molecule has 0 radical (unpaired) electrons. The van der Waals surface area contributed by atoms with Crippen LogP contribution in [0.3, 0.4) is 0 Å². The van der Waals surface area contributed by atoms with E-state index in [2.05, 4.69) is 21.7 Å². The SMILES string of the molecule is CCN1CCN(Cc2ccnc(C(=O)O)c2)CC1. The molecule has 1 aromatic rings. The highest BCUT2D eigenvalue weighted by Gasteiger charge is 2.16. The van der Waals surface area contributed by atoms with E-state index in [1.807, 2.05) is 6.07 Å². The van der Waals surface area contributed by atoms with Crippen molar-refractivity contribution in [2.45, 2.75) is 13.5 Å². The number of hydrogen-bond acceptors (Lipinski definition) is 4. The first-order chi connectivity index (χ1) is 8.69. The molecular formula is C13H19N3O2. The van der Waals surface area contributed by atoms with E-state index in [1.54, 1.807) is 12.3 Å². The minimum absolute atomic E-state index is 0.125. The van der Waals surface area contributed by atoms with Gasteiger partial charge in [0.05, 0.1) is 0 Å². The lowest BCUT2D eigenvalue weighted by Crippen LogP contribution is -2.45. The highest BCUT2D eigenvalue weighted by atomic mass is 16.4. The molecule has 5 nitrogen and oxygen atoms in total. The molecule has 0 aliphatic carbocycles. The monoisotopic (exact) mass is 249 g/mol. The molecule has 1 aliphatic rings. The van der Waals surface area contributed by atoms with Crippen molar-refractivity contribution in [1.29, 1.82) is 0 Å². The van der Waals surface area contributed by atoms with Gasteiger partial charge in [0.15, 0.2) is 0 Å². The van der Waals surface area contributed by atoms with Crippen molar-refractivity contribution < 1.29 is 9.90 Å². The summed E-state index contributed by atoms with van der Waals surface area (Å²) in [4.78, 5) is 19.5. The fraction of sp³-hybridized carbons (Fsp3) is 0.538. The first-order valence-corrected chi connectivity index (χ1v) is 6.32. The fourth-order valence-corrected chi connectivity index (χ4v) is 2.21. The molecule has 0 aromatic carbocycles. The molecule has 5 heteroatoms. The Morgan fingerprint density at radius 2 is 2.00 bits per heavy atom. The number of pyridine rings is 1. The first kappa shape index (κ1) is 13.0. The van der Waals surface area contributed by atoms with E-state index in [0.717, 1.165) is 44.8 Å². The van der Waals surface area contributed by atoms with E-state index in [1.165, 1.54) is 0 Å². The Hall–Kier alpha value is -1.46. The number of nitrogens with zero attached hydrogens (tertiary/aromatic N) is 3. The Bertz CT molecular complexity index is 414. The van der Waals surface area contributed by atoms with Gasteiger partial charge < -0.3 is 10.0 Å². The van der Waals surface area contributed by atoms with Crippen molar-refractivity contribution >= 4 is 5.97 Å². The Morgan fingerprint density at radius 1 is 1.33 bits per heavy atom. The summed E-state index contributed by atoms with van der Waals surface area (Å²) in [6.07, 6.45) is 1.57. The second-order valence-electron chi connectivity index (χ2n) is 4.56. The molecule has 1 fully saturated rings. The molecule has 2 rings (SSSR count). The molecule has 0 bridgehead atoms. The number of piperazine rings is 1. The molecule has 0 unspecified atom stereocenters. The molecule has 1 aliphatic heterocycles. The molecule has 0 spiro atoms. The van der Waals surface area contributed by atoms with Crippen LogP contribution in [0, 0.1) is 0 Å². The van der Waals surface area contributed by atoms with Crippen LogP contribution < -0.4 is 0 Å². The van der Waals surface area contributed by atoms with Gasteiger partial charge in [0.1, 0.15) is 5.69 Å². The third kappa shape index (κ3) is 3.27. The summed E-state index contributed by atoms with van der Waals surface area (Å²) in [6.45, 7) is 8.35. The second-order valence-corrected chi connectivity index (χ2v) is 4.56. The lowest BCUT2D eigenvalue weighted by Gasteiger charge is -2.34. The zero-order valence-corrected chi connectivity index (χ0v) is 10.7. The molecule has 0 amide bonds.